The second-order valence-corrected chi connectivity index (χ2v) is 7.10. The van der Waals surface area contributed by atoms with Crippen LogP contribution in [0.3, 0.4) is 0 Å². The lowest BCUT2D eigenvalue weighted by Gasteiger charge is -2.22. The van der Waals surface area contributed by atoms with Crippen molar-refractivity contribution in [1.29, 1.82) is 0 Å². The molecule has 0 spiro atoms. The summed E-state index contributed by atoms with van der Waals surface area (Å²) in [7, 11) is 0. The van der Waals surface area contributed by atoms with Gasteiger partial charge < -0.3 is 9.84 Å². The van der Waals surface area contributed by atoms with Gasteiger partial charge >= 0.3 is 11.9 Å². The van der Waals surface area contributed by atoms with Crippen LogP contribution in [0.4, 0.5) is 0 Å². The Balaban J connectivity index is 2.61. The maximum Gasteiger partial charge on any atom is 0.338 e. The largest absolute Gasteiger partial charge is 0.481 e. The Morgan fingerprint density at radius 3 is 2.25 bits per heavy atom. The molecule has 5 nitrogen and oxygen atoms in total. The van der Waals surface area contributed by atoms with Gasteiger partial charge in [-0.2, -0.15) is 0 Å². The van der Waals surface area contributed by atoms with E-state index in [2.05, 4.69) is 11.8 Å². The van der Waals surface area contributed by atoms with Crippen LogP contribution in [0.15, 0.2) is 24.3 Å². The number of esters is 1. The smallest absolute Gasteiger partial charge is 0.338 e. The first kappa shape index (κ1) is 20.2. The van der Waals surface area contributed by atoms with Gasteiger partial charge in [0.2, 0.25) is 0 Å². The van der Waals surface area contributed by atoms with Crippen molar-refractivity contribution >= 4 is 11.9 Å². The molecule has 0 aliphatic heterocycles. The van der Waals surface area contributed by atoms with Crippen LogP contribution in [0.5, 0.6) is 0 Å². The molecule has 1 rings (SSSR count). The first-order valence-corrected chi connectivity index (χ1v) is 8.40. The summed E-state index contributed by atoms with van der Waals surface area (Å²) >= 11 is 0. The molecule has 1 atom stereocenters. The van der Waals surface area contributed by atoms with E-state index in [1.54, 1.807) is 19.1 Å². The predicted molar refractivity (Wildman–Crippen MR) is 94.0 cm³/mol. The van der Waals surface area contributed by atoms with Gasteiger partial charge in [0.1, 0.15) is 5.60 Å². The summed E-state index contributed by atoms with van der Waals surface area (Å²) < 4.78 is 5.35. The molecular weight excluding hydrogens is 306 g/mol. The van der Waals surface area contributed by atoms with E-state index in [0.717, 1.165) is 25.2 Å². The van der Waals surface area contributed by atoms with Crippen molar-refractivity contribution in [2.75, 3.05) is 13.1 Å². The van der Waals surface area contributed by atoms with E-state index in [9.17, 15) is 9.59 Å². The molecule has 0 amide bonds. The average molecular weight is 335 g/mol. The number of hydrogen-bond acceptors (Lipinski definition) is 4. The van der Waals surface area contributed by atoms with Crippen LogP contribution in [0.25, 0.3) is 0 Å². The van der Waals surface area contributed by atoms with Gasteiger partial charge in [0.15, 0.2) is 0 Å². The fourth-order valence-electron chi connectivity index (χ4n) is 2.19. The zero-order chi connectivity index (χ0) is 18.3. The molecule has 1 unspecified atom stereocenters. The average Bonchev–Trinajstić information content (AvgIpc) is 2.49. The third-order valence-corrected chi connectivity index (χ3v) is 3.74. The number of aliphatic carboxylic acids is 1. The molecule has 0 saturated carbocycles. The van der Waals surface area contributed by atoms with Crippen molar-refractivity contribution in [3.05, 3.63) is 35.4 Å². The van der Waals surface area contributed by atoms with Gasteiger partial charge in [0.05, 0.1) is 11.5 Å². The highest BCUT2D eigenvalue weighted by molar-refractivity contribution is 5.89. The van der Waals surface area contributed by atoms with Gasteiger partial charge in [-0.1, -0.05) is 26.0 Å². The minimum absolute atomic E-state index is 0.323. The van der Waals surface area contributed by atoms with E-state index < -0.39 is 11.6 Å². The number of carbonyl (C=O) groups is 2. The van der Waals surface area contributed by atoms with E-state index in [1.807, 2.05) is 32.9 Å². The third-order valence-electron chi connectivity index (χ3n) is 3.74. The predicted octanol–water partition coefficient (Wildman–Crippen LogP) is 3.57. The van der Waals surface area contributed by atoms with E-state index in [-0.39, 0.29) is 11.9 Å². The van der Waals surface area contributed by atoms with Crippen molar-refractivity contribution in [1.82, 2.24) is 4.90 Å². The number of nitrogens with zero attached hydrogens (tertiary/aromatic N) is 1. The van der Waals surface area contributed by atoms with Crippen molar-refractivity contribution in [2.24, 2.45) is 5.92 Å². The zero-order valence-electron chi connectivity index (χ0n) is 15.3. The highest BCUT2D eigenvalue weighted by Crippen LogP contribution is 2.14. The minimum atomic E-state index is -0.757. The topological polar surface area (TPSA) is 66.8 Å². The van der Waals surface area contributed by atoms with Crippen molar-refractivity contribution in [2.45, 2.75) is 53.2 Å². The number of hydrogen-bond donors (Lipinski definition) is 1. The zero-order valence-corrected chi connectivity index (χ0v) is 15.3. The molecular formula is C19H29NO4. The van der Waals surface area contributed by atoms with Crippen LogP contribution < -0.4 is 0 Å². The molecule has 1 aromatic carbocycles. The Labute approximate surface area is 144 Å². The monoisotopic (exact) mass is 335 g/mol. The second kappa shape index (κ2) is 8.83. The highest BCUT2D eigenvalue weighted by atomic mass is 16.6. The van der Waals surface area contributed by atoms with Crippen LogP contribution in [0.1, 0.15) is 57.0 Å². The SMILES string of the molecule is CCN(CCC(C)C(=O)O)Cc1ccc(C(=O)OC(C)(C)C)cc1. The molecule has 0 aliphatic carbocycles. The standard InChI is InChI=1S/C19H29NO4/c1-6-20(12-11-14(2)17(21)22)13-15-7-9-16(10-8-15)18(23)24-19(3,4)5/h7-10,14H,6,11-13H2,1-5H3,(H,21,22). The number of rotatable bonds is 8. The Morgan fingerprint density at radius 2 is 1.79 bits per heavy atom. The molecule has 1 aromatic rings. The number of carboxylic acids is 1. The lowest BCUT2D eigenvalue weighted by molar-refractivity contribution is -0.141. The van der Waals surface area contributed by atoms with Crippen LogP contribution in [0.2, 0.25) is 0 Å². The molecule has 0 radical (unpaired) electrons. The molecule has 0 aliphatic rings. The van der Waals surface area contributed by atoms with Gasteiger partial charge in [0, 0.05) is 6.54 Å². The number of carboxylic acid groups (broad SMARTS) is 1. The van der Waals surface area contributed by atoms with Gasteiger partial charge in [-0.05, 0) is 58.0 Å². The maximum absolute atomic E-state index is 12.0. The molecule has 0 fully saturated rings. The van der Waals surface area contributed by atoms with Gasteiger partial charge in [-0.25, -0.2) is 4.79 Å². The number of benzene rings is 1. The van der Waals surface area contributed by atoms with E-state index >= 15 is 0 Å². The van der Waals surface area contributed by atoms with Gasteiger partial charge in [-0.3, -0.25) is 9.69 Å². The lowest BCUT2D eigenvalue weighted by Crippen LogP contribution is -2.27. The Kier molecular flexibility index (Phi) is 7.42. The summed E-state index contributed by atoms with van der Waals surface area (Å²) in [5.74, 6) is -1.42. The van der Waals surface area contributed by atoms with Crippen molar-refractivity contribution in [3.63, 3.8) is 0 Å². The van der Waals surface area contributed by atoms with Crippen LogP contribution in [-0.2, 0) is 16.1 Å². The van der Waals surface area contributed by atoms with Gasteiger partial charge in [0.25, 0.3) is 0 Å². The maximum atomic E-state index is 12.0. The van der Waals surface area contributed by atoms with Crippen LogP contribution in [-0.4, -0.2) is 40.6 Å². The number of ether oxygens (including phenoxy) is 1. The summed E-state index contributed by atoms with van der Waals surface area (Å²) in [5, 5.41) is 8.96. The molecule has 24 heavy (non-hydrogen) atoms. The second-order valence-electron chi connectivity index (χ2n) is 7.10. The lowest BCUT2D eigenvalue weighted by atomic mass is 10.1. The van der Waals surface area contributed by atoms with E-state index in [0.29, 0.717) is 12.0 Å². The quantitative estimate of drug-likeness (QED) is 0.736. The Bertz CT molecular complexity index is 545. The summed E-state index contributed by atoms with van der Waals surface area (Å²) in [6.45, 7) is 11.6. The van der Waals surface area contributed by atoms with E-state index in [1.165, 1.54) is 0 Å². The molecule has 5 heteroatoms. The van der Waals surface area contributed by atoms with E-state index in [4.69, 9.17) is 9.84 Å². The summed E-state index contributed by atoms with van der Waals surface area (Å²) in [6, 6.07) is 7.39. The summed E-state index contributed by atoms with van der Waals surface area (Å²) in [5.41, 5.74) is 1.12. The molecule has 0 saturated heterocycles. The molecule has 0 bridgehead atoms. The Morgan fingerprint density at radius 1 is 1.21 bits per heavy atom. The van der Waals surface area contributed by atoms with Crippen molar-refractivity contribution in [3.8, 4) is 0 Å². The van der Waals surface area contributed by atoms with Crippen LogP contribution >= 0.6 is 0 Å². The summed E-state index contributed by atoms with van der Waals surface area (Å²) in [6.07, 6.45) is 0.624. The first-order valence-electron chi connectivity index (χ1n) is 8.40. The number of carbonyl (C=O) groups excluding carboxylic acids is 1. The Hall–Kier alpha value is -1.88. The fourth-order valence-corrected chi connectivity index (χ4v) is 2.19. The normalized spacial score (nSPS) is 12.9. The van der Waals surface area contributed by atoms with Crippen molar-refractivity contribution < 1.29 is 19.4 Å². The molecule has 0 heterocycles. The molecule has 134 valence electrons. The van der Waals surface area contributed by atoms with Gasteiger partial charge in [-0.15, -0.1) is 0 Å². The third kappa shape index (κ3) is 7.13. The van der Waals surface area contributed by atoms with Crippen LogP contribution in [0, 0.1) is 5.92 Å². The minimum Gasteiger partial charge on any atom is -0.481 e. The molecule has 1 N–H and O–H groups in total. The summed E-state index contributed by atoms with van der Waals surface area (Å²) in [4.78, 5) is 25.1. The highest BCUT2D eigenvalue weighted by Gasteiger charge is 2.18. The fraction of sp³-hybridized carbons (Fsp3) is 0.579. The first-order chi connectivity index (χ1) is 11.1. The molecule has 0 aromatic heterocycles.